The summed E-state index contributed by atoms with van der Waals surface area (Å²) >= 11 is 6.50. The first-order valence-electron chi connectivity index (χ1n) is 13.1. The molecule has 3 aliphatic heterocycles. The molecule has 3 unspecified atom stereocenters. The molecule has 0 saturated carbocycles. The minimum atomic E-state index is -1.16. The topological polar surface area (TPSA) is 96.4 Å². The number of carbonyl (C=O) groups is 3. The molecule has 4 rings (SSSR count). The minimum absolute atomic E-state index is 0.0619. The van der Waals surface area contributed by atoms with E-state index >= 15 is 0 Å². The summed E-state index contributed by atoms with van der Waals surface area (Å²) in [6.07, 6.45) is 4.02. The number of esters is 1. The van der Waals surface area contributed by atoms with Gasteiger partial charge in [-0.25, -0.2) is 0 Å². The molecule has 1 N–H and O–H groups in total. The lowest BCUT2D eigenvalue weighted by atomic mass is 9.62. The van der Waals surface area contributed by atoms with Crippen LogP contribution in [0.3, 0.4) is 0 Å². The molecule has 2 bridgehead atoms. The molecule has 0 radical (unpaired) electrons. The number of benzene rings is 1. The number of rotatable bonds is 11. The molecule has 3 saturated heterocycles. The second-order valence-electron chi connectivity index (χ2n) is 10.5. The second-order valence-corrected chi connectivity index (χ2v) is 10.9. The van der Waals surface area contributed by atoms with Crippen molar-refractivity contribution in [3.8, 4) is 0 Å². The Morgan fingerprint density at radius 1 is 1.32 bits per heavy atom. The predicted molar refractivity (Wildman–Crippen MR) is 140 cm³/mol. The summed E-state index contributed by atoms with van der Waals surface area (Å²) in [4.78, 5) is 44.9. The van der Waals surface area contributed by atoms with Crippen LogP contribution in [0, 0.1) is 17.8 Å². The van der Waals surface area contributed by atoms with Gasteiger partial charge >= 0.3 is 5.97 Å². The van der Waals surface area contributed by atoms with Crippen LogP contribution in [0.1, 0.15) is 46.5 Å². The van der Waals surface area contributed by atoms with E-state index < -0.39 is 35.0 Å². The number of ether oxygens (including phenoxy) is 2. The van der Waals surface area contributed by atoms with Gasteiger partial charge in [0.05, 0.1) is 28.8 Å². The first-order chi connectivity index (χ1) is 17.7. The molecule has 37 heavy (non-hydrogen) atoms. The maximum atomic E-state index is 14.5. The average Bonchev–Trinajstić information content (AvgIpc) is 3.37. The highest BCUT2D eigenvalue weighted by Crippen LogP contribution is 2.65. The van der Waals surface area contributed by atoms with Crippen molar-refractivity contribution in [3.05, 3.63) is 41.9 Å². The van der Waals surface area contributed by atoms with E-state index in [1.165, 1.54) is 0 Å². The fourth-order valence-corrected chi connectivity index (χ4v) is 6.91. The maximum Gasteiger partial charge on any atom is 0.312 e. The zero-order chi connectivity index (χ0) is 27.0. The summed E-state index contributed by atoms with van der Waals surface area (Å²) in [5.74, 6) is -2.70. The molecule has 0 aromatic heterocycles. The number of likely N-dealkylation sites (tertiary alicyclic amines) is 1. The Balaban J connectivity index is 1.80. The zero-order valence-corrected chi connectivity index (χ0v) is 22.6. The summed E-state index contributed by atoms with van der Waals surface area (Å²) in [7, 11) is 0. The van der Waals surface area contributed by atoms with Crippen LogP contribution in [0.4, 0.5) is 5.69 Å². The van der Waals surface area contributed by atoms with Crippen LogP contribution in [0.2, 0.25) is 5.02 Å². The lowest BCUT2D eigenvalue weighted by Crippen LogP contribution is -2.57. The molecular weight excluding hydrogens is 496 g/mol. The van der Waals surface area contributed by atoms with Crippen molar-refractivity contribution in [1.29, 1.82) is 0 Å². The summed E-state index contributed by atoms with van der Waals surface area (Å²) < 4.78 is 12.1. The third kappa shape index (κ3) is 4.37. The molecule has 3 aliphatic rings. The Bertz CT molecular complexity index is 1060. The summed E-state index contributed by atoms with van der Waals surface area (Å²) in [6, 6.07) is 6.14. The molecule has 6 atom stereocenters. The Kier molecular flexibility index (Phi) is 8.02. The number of carbonyl (C=O) groups excluding carboxylic acids is 3. The third-order valence-electron chi connectivity index (χ3n) is 8.37. The Morgan fingerprint density at radius 2 is 2.05 bits per heavy atom. The number of halogens is 1. The van der Waals surface area contributed by atoms with Crippen LogP contribution < -0.4 is 4.90 Å². The van der Waals surface area contributed by atoms with Gasteiger partial charge in [0.25, 0.3) is 5.91 Å². The van der Waals surface area contributed by atoms with Gasteiger partial charge in [0.2, 0.25) is 5.91 Å². The number of nitrogens with zero attached hydrogens (tertiary/aromatic N) is 2. The number of hydrogen-bond donors (Lipinski definition) is 1. The van der Waals surface area contributed by atoms with Crippen molar-refractivity contribution in [1.82, 2.24) is 4.90 Å². The van der Waals surface area contributed by atoms with Gasteiger partial charge in [0.1, 0.15) is 17.6 Å². The Hall–Kier alpha value is -2.42. The largest absolute Gasteiger partial charge is 0.466 e. The van der Waals surface area contributed by atoms with E-state index in [9.17, 15) is 19.5 Å². The van der Waals surface area contributed by atoms with Gasteiger partial charge in [-0.2, -0.15) is 0 Å². The molecular formula is C28H37ClN2O6. The third-order valence-corrected chi connectivity index (χ3v) is 8.69. The van der Waals surface area contributed by atoms with Crippen LogP contribution in [0.15, 0.2) is 36.9 Å². The number of fused-ring (bicyclic) bond motifs is 1. The van der Waals surface area contributed by atoms with Crippen molar-refractivity contribution in [2.75, 3.05) is 31.2 Å². The maximum absolute atomic E-state index is 14.5. The number of aliphatic hydroxyl groups excluding tert-OH is 1. The van der Waals surface area contributed by atoms with Gasteiger partial charge in [-0.1, -0.05) is 36.7 Å². The summed E-state index contributed by atoms with van der Waals surface area (Å²) in [5, 5.41) is 9.63. The lowest BCUT2D eigenvalue weighted by Gasteiger charge is -2.37. The van der Waals surface area contributed by atoms with Crippen LogP contribution in [0.5, 0.6) is 0 Å². The van der Waals surface area contributed by atoms with Gasteiger partial charge in [0, 0.05) is 19.7 Å². The van der Waals surface area contributed by atoms with E-state index in [-0.39, 0.29) is 37.5 Å². The van der Waals surface area contributed by atoms with E-state index in [1.807, 2.05) is 13.8 Å². The Morgan fingerprint density at radius 3 is 2.70 bits per heavy atom. The standard InChI is InChI=1S/C28H37ClN2O6/c1-5-14-30(20-13-9-8-12-19(20)29)25(34)23-28-17-18(3)27(4,37-28)22(26(35)36-6-2)21(28)24(33)31(23)15-10-7-11-16-32/h5,8-9,12-13,18,21-23,32H,1,6-7,10-11,14-17H2,2-4H3/t18?,21-,22+,23?,27-,28?/m0/s1. The number of hydrogen-bond acceptors (Lipinski definition) is 6. The molecule has 3 fully saturated rings. The Labute approximate surface area is 223 Å². The normalized spacial score (nSPS) is 31.9. The summed E-state index contributed by atoms with van der Waals surface area (Å²) in [6.45, 7) is 10.2. The number of para-hydroxylation sites is 1. The number of aliphatic hydroxyl groups is 1. The number of anilines is 1. The van der Waals surface area contributed by atoms with Crippen LogP contribution >= 0.6 is 11.6 Å². The lowest BCUT2D eigenvalue weighted by molar-refractivity contribution is -0.161. The van der Waals surface area contributed by atoms with Crippen molar-refractivity contribution < 1.29 is 29.0 Å². The average molecular weight is 533 g/mol. The van der Waals surface area contributed by atoms with E-state index in [0.717, 1.165) is 0 Å². The first kappa shape index (κ1) is 27.6. The van der Waals surface area contributed by atoms with E-state index in [0.29, 0.717) is 42.9 Å². The molecule has 3 heterocycles. The fraction of sp³-hybridized carbons (Fsp3) is 0.607. The molecule has 8 nitrogen and oxygen atoms in total. The van der Waals surface area contributed by atoms with E-state index in [1.54, 1.807) is 47.1 Å². The molecule has 1 aromatic carbocycles. The molecule has 1 aromatic rings. The molecule has 2 amide bonds. The van der Waals surface area contributed by atoms with Crippen molar-refractivity contribution in [3.63, 3.8) is 0 Å². The minimum Gasteiger partial charge on any atom is -0.466 e. The number of unbranched alkanes of at least 4 members (excludes halogenated alkanes) is 2. The quantitative estimate of drug-likeness (QED) is 0.266. The predicted octanol–water partition coefficient (Wildman–Crippen LogP) is 3.60. The van der Waals surface area contributed by atoms with Gasteiger partial charge in [0.15, 0.2) is 0 Å². The number of amides is 2. The van der Waals surface area contributed by atoms with E-state index in [4.69, 9.17) is 21.1 Å². The van der Waals surface area contributed by atoms with Gasteiger partial charge in [-0.05, 0) is 57.6 Å². The molecule has 202 valence electrons. The van der Waals surface area contributed by atoms with Crippen LogP contribution in [0.25, 0.3) is 0 Å². The second kappa shape index (κ2) is 10.8. The zero-order valence-electron chi connectivity index (χ0n) is 21.8. The SMILES string of the molecule is C=CCN(C(=O)C1N(CCCCCO)C(=O)[C@@H]2[C@H](C(=O)OCC)[C@@]3(C)OC12CC3C)c1ccccc1Cl. The highest BCUT2D eigenvalue weighted by Gasteiger charge is 2.80. The molecule has 9 heteroatoms. The first-order valence-corrected chi connectivity index (χ1v) is 13.5. The van der Waals surface area contributed by atoms with Crippen molar-refractivity contribution >= 4 is 35.1 Å². The van der Waals surface area contributed by atoms with Crippen LogP contribution in [-0.2, 0) is 23.9 Å². The monoisotopic (exact) mass is 532 g/mol. The van der Waals surface area contributed by atoms with Crippen LogP contribution in [-0.4, -0.2) is 71.3 Å². The summed E-state index contributed by atoms with van der Waals surface area (Å²) in [5.41, 5.74) is -1.55. The molecule has 0 aliphatic carbocycles. The highest BCUT2D eigenvalue weighted by molar-refractivity contribution is 6.34. The van der Waals surface area contributed by atoms with E-state index in [2.05, 4.69) is 6.58 Å². The van der Waals surface area contributed by atoms with Gasteiger partial charge < -0.3 is 24.4 Å². The molecule has 1 spiro atoms. The smallest absolute Gasteiger partial charge is 0.312 e. The van der Waals surface area contributed by atoms with Crippen molar-refractivity contribution in [2.24, 2.45) is 17.8 Å². The van der Waals surface area contributed by atoms with Crippen molar-refractivity contribution in [2.45, 2.75) is 63.7 Å². The highest BCUT2D eigenvalue weighted by atomic mass is 35.5. The van der Waals surface area contributed by atoms with Gasteiger partial charge in [-0.3, -0.25) is 14.4 Å². The van der Waals surface area contributed by atoms with Gasteiger partial charge in [-0.15, -0.1) is 6.58 Å². The fourth-order valence-electron chi connectivity index (χ4n) is 6.67.